The van der Waals surface area contributed by atoms with Gasteiger partial charge in [-0.3, -0.25) is 37.3 Å². The Morgan fingerprint density at radius 1 is 0.245 bits per heavy atom. The largest absolute Gasteiger partial charge is 0.472 e. The van der Waals surface area contributed by atoms with Crippen LogP contribution in [0.25, 0.3) is 0 Å². The van der Waals surface area contributed by atoms with Crippen molar-refractivity contribution in [3.8, 4) is 0 Å². The highest BCUT2D eigenvalue weighted by molar-refractivity contribution is 7.47. The van der Waals surface area contributed by atoms with Crippen molar-refractivity contribution >= 4 is 39.5 Å². The number of phosphoric ester groups is 2. The number of carbonyl (C=O) groups excluding carboxylic acids is 4. The van der Waals surface area contributed by atoms with E-state index in [-0.39, 0.29) is 25.7 Å². The number of hydrogen-bond donors (Lipinski definition) is 3. The molecule has 0 aromatic rings. The Bertz CT molecular complexity index is 1860. The monoisotopic (exact) mass is 1440 g/mol. The van der Waals surface area contributed by atoms with Gasteiger partial charge in [-0.2, -0.15) is 0 Å². The summed E-state index contributed by atoms with van der Waals surface area (Å²) >= 11 is 0. The third-order valence-electron chi connectivity index (χ3n) is 18.6. The van der Waals surface area contributed by atoms with Crippen LogP contribution in [0.3, 0.4) is 0 Å². The number of carbonyl (C=O) groups is 4. The number of aliphatic hydroxyl groups is 1. The van der Waals surface area contributed by atoms with E-state index in [9.17, 15) is 43.2 Å². The van der Waals surface area contributed by atoms with Crippen LogP contribution in [0.5, 0.6) is 0 Å². The van der Waals surface area contributed by atoms with Crippen molar-refractivity contribution in [1.82, 2.24) is 0 Å². The Morgan fingerprint density at radius 3 is 0.602 bits per heavy atom. The average molecular weight is 1440 g/mol. The summed E-state index contributed by atoms with van der Waals surface area (Å²) in [5.74, 6) is -2.10. The summed E-state index contributed by atoms with van der Waals surface area (Å²) in [4.78, 5) is 72.9. The number of aliphatic hydroxyl groups excluding tert-OH is 1. The van der Waals surface area contributed by atoms with Crippen molar-refractivity contribution < 1.29 is 80.2 Å². The van der Waals surface area contributed by atoms with Gasteiger partial charge in [-0.1, -0.05) is 374 Å². The van der Waals surface area contributed by atoms with E-state index < -0.39 is 97.5 Å². The van der Waals surface area contributed by atoms with E-state index in [0.717, 1.165) is 89.9 Å². The number of rotatable bonds is 80. The Morgan fingerprint density at radius 2 is 0.408 bits per heavy atom. The molecule has 17 nitrogen and oxygen atoms in total. The molecule has 0 aliphatic rings. The van der Waals surface area contributed by atoms with Crippen LogP contribution in [-0.4, -0.2) is 96.7 Å². The Kier molecular flexibility index (Phi) is 71.9. The van der Waals surface area contributed by atoms with E-state index in [1.54, 1.807) is 0 Å². The summed E-state index contributed by atoms with van der Waals surface area (Å²) in [7, 11) is -9.91. The third kappa shape index (κ3) is 72.4. The molecule has 0 rings (SSSR count). The summed E-state index contributed by atoms with van der Waals surface area (Å²) < 4.78 is 68.7. The highest BCUT2D eigenvalue weighted by Gasteiger charge is 2.30. The molecular formula is C79H154O17P2. The van der Waals surface area contributed by atoms with Gasteiger partial charge in [0, 0.05) is 25.7 Å². The van der Waals surface area contributed by atoms with E-state index in [1.807, 2.05) is 0 Å². The molecule has 2 unspecified atom stereocenters. The molecule has 0 radical (unpaired) electrons. The molecule has 0 aromatic heterocycles. The van der Waals surface area contributed by atoms with Crippen LogP contribution in [0.1, 0.15) is 426 Å². The first-order chi connectivity index (χ1) is 47.7. The van der Waals surface area contributed by atoms with Gasteiger partial charge >= 0.3 is 39.5 Å². The summed E-state index contributed by atoms with van der Waals surface area (Å²) in [5, 5.41) is 10.6. The molecule has 19 heteroatoms. The minimum Gasteiger partial charge on any atom is -0.462 e. The van der Waals surface area contributed by atoms with Crippen LogP contribution >= 0.6 is 15.6 Å². The van der Waals surface area contributed by atoms with Gasteiger partial charge in [0.25, 0.3) is 0 Å². The predicted molar refractivity (Wildman–Crippen MR) is 400 cm³/mol. The van der Waals surface area contributed by atoms with Crippen LogP contribution in [0.4, 0.5) is 0 Å². The van der Waals surface area contributed by atoms with Crippen LogP contribution < -0.4 is 0 Å². The maximum atomic E-state index is 13.1. The molecule has 0 fully saturated rings. The van der Waals surface area contributed by atoms with E-state index >= 15 is 0 Å². The number of unbranched alkanes of at least 4 members (excludes halogenated alkanes) is 54. The van der Waals surface area contributed by atoms with Crippen molar-refractivity contribution in [1.29, 1.82) is 0 Å². The van der Waals surface area contributed by atoms with Gasteiger partial charge < -0.3 is 33.8 Å². The van der Waals surface area contributed by atoms with Gasteiger partial charge in [0.2, 0.25) is 0 Å². The second-order valence-electron chi connectivity index (χ2n) is 28.5. The lowest BCUT2D eigenvalue weighted by atomic mass is 10.0. The lowest BCUT2D eigenvalue weighted by Gasteiger charge is -2.21. The van der Waals surface area contributed by atoms with E-state index in [0.29, 0.717) is 25.7 Å². The highest BCUT2D eigenvalue weighted by Crippen LogP contribution is 2.45. The van der Waals surface area contributed by atoms with Crippen LogP contribution in [0.15, 0.2) is 0 Å². The van der Waals surface area contributed by atoms with Gasteiger partial charge in [0.15, 0.2) is 12.2 Å². The van der Waals surface area contributed by atoms with Crippen molar-refractivity contribution in [3.63, 3.8) is 0 Å². The molecule has 0 saturated carbocycles. The maximum absolute atomic E-state index is 13.1. The molecule has 582 valence electrons. The first-order valence-corrected chi connectivity index (χ1v) is 44.3. The third-order valence-corrected chi connectivity index (χ3v) is 20.5. The van der Waals surface area contributed by atoms with Crippen LogP contribution in [0.2, 0.25) is 0 Å². The molecule has 0 aromatic carbocycles. The van der Waals surface area contributed by atoms with E-state index in [1.165, 1.54) is 257 Å². The second-order valence-corrected chi connectivity index (χ2v) is 31.4. The Hall–Kier alpha value is -1.94. The molecule has 0 aliphatic heterocycles. The smallest absolute Gasteiger partial charge is 0.462 e. The van der Waals surface area contributed by atoms with Gasteiger partial charge in [0.1, 0.15) is 19.3 Å². The summed E-state index contributed by atoms with van der Waals surface area (Å²) in [5.41, 5.74) is 0. The van der Waals surface area contributed by atoms with Gasteiger partial charge in [0.05, 0.1) is 26.4 Å². The lowest BCUT2D eigenvalue weighted by Crippen LogP contribution is -2.30. The number of esters is 4. The summed E-state index contributed by atoms with van der Waals surface area (Å²) in [6.07, 6.45) is 65.0. The molecule has 0 amide bonds. The molecule has 98 heavy (non-hydrogen) atoms. The van der Waals surface area contributed by atoms with Gasteiger partial charge in [-0.15, -0.1) is 0 Å². The van der Waals surface area contributed by atoms with E-state index in [2.05, 4.69) is 27.7 Å². The van der Waals surface area contributed by atoms with Crippen molar-refractivity contribution in [2.24, 2.45) is 0 Å². The molecule has 3 N–H and O–H groups in total. The molecule has 0 bridgehead atoms. The fourth-order valence-corrected chi connectivity index (χ4v) is 13.9. The number of ether oxygens (including phenoxy) is 4. The van der Waals surface area contributed by atoms with Crippen molar-refractivity contribution in [2.75, 3.05) is 39.6 Å². The minimum absolute atomic E-state index is 0.109. The first-order valence-electron chi connectivity index (χ1n) is 41.3. The zero-order valence-electron chi connectivity index (χ0n) is 63.8. The molecule has 5 atom stereocenters. The molecule has 0 saturated heterocycles. The number of phosphoric acid groups is 2. The normalized spacial score (nSPS) is 13.8. The lowest BCUT2D eigenvalue weighted by molar-refractivity contribution is -0.161. The summed E-state index contributed by atoms with van der Waals surface area (Å²) in [6.45, 7) is 5.02. The Labute approximate surface area is 600 Å². The Balaban J connectivity index is 5.24. The van der Waals surface area contributed by atoms with Crippen molar-refractivity contribution in [2.45, 2.75) is 444 Å². The minimum atomic E-state index is -4.96. The molecule has 0 heterocycles. The second kappa shape index (κ2) is 73.4. The highest BCUT2D eigenvalue weighted by atomic mass is 31.2. The van der Waals surface area contributed by atoms with E-state index in [4.69, 9.17) is 37.0 Å². The average Bonchev–Trinajstić information content (AvgIpc) is 1.12. The van der Waals surface area contributed by atoms with Crippen molar-refractivity contribution in [3.05, 3.63) is 0 Å². The standard InChI is InChI=1S/C79H154O17P2/c1-5-9-13-17-21-25-29-32-35-38-41-44-48-52-56-60-64-77(82)90-70-75(96-79(84)66-62-58-54-50-46-43-40-37-34-31-27-23-19-15-11-7-3)72-94-98(87,88)92-68-73(80)67-91-97(85,86)93-71-74(69-89-76(81)63-59-55-51-47-28-24-20-16-12-8-4)95-78(83)65-61-57-53-49-45-42-39-36-33-30-26-22-18-14-10-6-2/h73-75,80H,5-72H2,1-4H3,(H,85,86)(H,87,88)/t73-,74+,75+/m0/s1. The SMILES string of the molecule is CCCCCCCCCCCCCCCCCCC(=O)OC[C@H](COP(=O)(O)OC[C@@H](O)COP(=O)(O)OC[C@@H](COC(=O)CCCCCCCCCCCC)OC(=O)CCCCCCCCCCCCCCCCCC)OC(=O)CCCCCCCCCCCCCCCCCC. The maximum Gasteiger partial charge on any atom is 0.472 e. The topological polar surface area (TPSA) is 237 Å². The zero-order chi connectivity index (χ0) is 71.8. The summed E-state index contributed by atoms with van der Waals surface area (Å²) in [6, 6.07) is 0. The predicted octanol–water partition coefficient (Wildman–Crippen LogP) is 23.8. The van der Waals surface area contributed by atoms with Gasteiger partial charge in [-0.05, 0) is 25.7 Å². The fraction of sp³-hybridized carbons (Fsp3) is 0.949. The first kappa shape index (κ1) is 96.1. The van der Waals surface area contributed by atoms with Crippen LogP contribution in [-0.2, 0) is 65.4 Å². The molecular weight excluding hydrogens is 1280 g/mol. The number of hydrogen-bond acceptors (Lipinski definition) is 15. The molecule has 0 aliphatic carbocycles. The quantitative estimate of drug-likeness (QED) is 0.0222. The molecule has 0 spiro atoms. The zero-order valence-corrected chi connectivity index (χ0v) is 65.6. The fourth-order valence-electron chi connectivity index (χ4n) is 12.3. The van der Waals surface area contributed by atoms with Crippen LogP contribution in [0, 0.1) is 0 Å². The van der Waals surface area contributed by atoms with Gasteiger partial charge in [-0.25, -0.2) is 9.13 Å².